The highest BCUT2D eigenvalue weighted by Crippen LogP contribution is 2.25. The molecule has 0 radical (unpaired) electrons. The Kier molecular flexibility index (Phi) is 4.59. The van der Waals surface area contributed by atoms with E-state index in [-0.39, 0.29) is 0 Å². The number of hydrogen-bond donors (Lipinski definition) is 0. The fraction of sp³-hybridized carbons (Fsp3) is 0.125. The van der Waals surface area contributed by atoms with Gasteiger partial charge < -0.3 is 4.42 Å². The molecule has 2 nitrogen and oxygen atoms in total. The van der Waals surface area contributed by atoms with Crippen molar-refractivity contribution in [2.24, 2.45) is 4.99 Å². The van der Waals surface area contributed by atoms with Crippen LogP contribution in [-0.4, -0.2) is 0 Å². The number of rotatable bonds is 2. The molecule has 27 heavy (non-hydrogen) atoms. The smallest absolute Gasteiger partial charge is 0.136 e. The second-order valence-electron chi connectivity index (χ2n) is 6.90. The molecule has 0 bridgehead atoms. The highest BCUT2D eigenvalue weighted by atomic mass is 35.5. The molecule has 0 aliphatic rings. The van der Waals surface area contributed by atoms with E-state index in [1.54, 1.807) is 0 Å². The molecule has 134 valence electrons. The predicted octanol–water partition coefficient (Wildman–Crippen LogP) is 6.91. The van der Waals surface area contributed by atoms with E-state index in [2.05, 4.69) is 51.1 Å². The van der Waals surface area contributed by atoms with Gasteiger partial charge in [0.15, 0.2) is 0 Å². The normalized spacial score (nSPS) is 11.9. The summed E-state index contributed by atoms with van der Waals surface area (Å²) in [5, 5.41) is 2.61. The third-order valence-corrected chi connectivity index (χ3v) is 4.89. The molecule has 4 rings (SSSR count). The van der Waals surface area contributed by atoms with E-state index in [1.165, 1.54) is 11.1 Å². The van der Waals surface area contributed by atoms with Gasteiger partial charge in [-0.1, -0.05) is 35.4 Å². The fourth-order valence-electron chi connectivity index (χ4n) is 3.10. The summed E-state index contributed by atoms with van der Waals surface area (Å²) in [6.45, 7) is 6.24. The first-order chi connectivity index (χ1) is 13.0. The van der Waals surface area contributed by atoms with Gasteiger partial charge in [0, 0.05) is 22.0 Å². The summed E-state index contributed by atoms with van der Waals surface area (Å²) in [5.74, 6) is 0.770. The van der Waals surface area contributed by atoms with Gasteiger partial charge in [0.05, 0.1) is 11.0 Å². The maximum Gasteiger partial charge on any atom is 0.136 e. The Labute approximate surface area is 163 Å². The Morgan fingerprint density at radius 2 is 1.48 bits per heavy atom. The van der Waals surface area contributed by atoms with E-state index in [1.807, 2.05) is 36.4 Å². The molecule has 1 aromatic heterocycles. The zero-order valence-corrected chi connectivity index (χ0v) is 16.3. The molecule has 0 aliphatic heterocycles. The van der Waals surface area contributed by atoms with Gasteiger partial charge in [-0.15, -0.1) is 0 Å². The lowest BCUT2D eigenvalue weighted by molar-refractivity contribution is 0.618. The Balaban J connectivity index is 2.02. The van der Waals surface area contributed by atoms with Crippen molar-refractivity contribution in [2.75, 3.05) is 0 Å². The van der Waals surface area contributed by atoms with Crippen LogP contribution in [0, 0.1) is 20.8 Å². The van der Waals surface area contributed by atoms with Crippen LogP contribution in [0.15, 0.2) is 76.1 Å². The number of benzene rings is 3. The molecule has 0 N–H and O–H groups in total. The molecule has 0 amide bonds. The first kappa shape index (κ1) is 17.6. The molecule has 1 heterocycles. The molecule has 3 aromatic carbocycles. The van der Waals surface area contributed by atoms with Crippen molar-refractivity contribution in [2.45, 2.75) is 20.8 Å². The van der Waals surface area contributed by atoms with Gasteiger partial charge in [-0.3, -0.25) is 0 Å². The molecule has 0 saturated heterocycles. The van der Waals surface area contributed by atoms with Crippen molar-refractivity contribution >= 4 is 28.3 Å². The number of aryl methyl sites for hydroxylation is 3. The molecule has 4 aromatic rings. The second-order valence-corrected chi connectivity index (χ2v) is 7.34. The van der Waals surface area contributed by atoms with Gasteiger partial charge >= 0.3 is 0 Å². The summed E-state index contributed by atoms with van der Waals surface area (Å²) in [6.07, 6.45) is 0. The maximum absolute atomic E-state index is 6.17. The zero-order valence-electron chi connectivity index (χ0n) is 15.6. The predicted molar refractivity (Wildman–Crippen MR) is 113 cm³/mol. The van der Waals surface area contributed by atoms with Crippen LogP contribution in [0.25, 0.3) is 22.3 Å². The van der Waals surface area contributed by atoms with E-state index in [0.29, 0.717) is 5.02 Å². The SMILES string of the molecule is Cc1ccc(C)c(N=c2cc(-c3ccc(Cl)cc3)oc3ccc(C)cc23)c1. The van der Waals surface area contributed by atoms with Gasteiger partial charge in [-0.25, -0.2) is 4.99 Å². The summed E-state index contributed by atoms with van der Waals surface area (Å²) in [4.78, 5) is 4.99. The van der Waals surface area contributed by atoms with Crippen LogP contribution in [0.2, 0.25) is 5.02 Å². The van der Waals surface area contributed by atoms with Crippen molar-refractivity contribution in [1.82, 2.24) is 0 Å². The number of fused-ring (bicyclic) bond motifs is 1. The summed E-state index contributed by atoms with van der Waals surface area (Å²) < 4.78 is 6.17. The molecular weight excluding hydrogens is 354 g/mol. The summed E-state index contributed by atoms with van der Waals surface area (Å²) in [6, 6.07) is 22.2. The van der Waals surface area contributed by atoms with Crippen LogP contribution in [-0.2, 0) is 0 Å². The minimum absolute atomic E-state index is 0.704. The first-order valence-electron chi connectivity index (χ1n) is 8.92. The first-order valence-corrected chi connectivity index (χ1v) is 9.30. The Morgan fingerprint density at radius 1 is 0.778 bits per heavy atom. The van der Waals surface area contributed by atoms with Crippen LogP contribution in [0.5, 0.6) is 0 Å². The minimum atomic E-state index is 0.704. The van der Waals surface area contributed by atoms with Crippen molar-refractivity contribution in [1.29, 1.82) is 0 Å². The summed E-state index contributed by atoms with van der Waals surface area (Å²) >= 11 is 6.03. The maximum atomic E-state index is 6.17. The Bertz CT molecular complexity index is 1200. The largest absolute Gasteiger partial charge is 0.456 e. The zero-order chi connectivity index (χ0) is 19.0. The lowest BCUT2D eigenvalue weighted by Crippen LogP contribution is -2.04. The summed E-state index contributed by atoms with van der Waals surface area (Å²) in [5.41, 5.74) is 6.28. The van der Waals surface area contributed by atoms with Crippen LogP contribution in [0.3, 0.4) is 0 Å². The van der Waals surface area contributed by atoms with E-state index >= 15 is 0 Å². The van der Waals surface area contributed by atoms with Gasteiger partial charge in [0.25, 0.3) is 0 Å². The average molecular weight is 374 g/mol. The van der Waals surface area contributed by atoms with E-state index in [4.69, 9.17) is 21.0 Å². The van der Waals surface area contributed by atoms with Gasteiger partial charge in [-0.05, 0) is 74.4 Å². The second kappa shape index (κ2) is 7.05. The van der Waals surface area contributed by atoms with Crippen LogP contribution < -0.4 is 5.36 Å². The monoisotopic (exact) mass is 373 g/mol. The molecule has 0 atom stereocenters. The highest BCUT2D eigenvalue weighted by Gasteiger charge is 2.07. The third kappa shape index (κ3) is 3.67. The molecule has 3 heteroatoms. The Morgan fingerprint density at radius 3 is 2.26 bits per heavy atom. The topological polar surface area (TPSA) is 25.5 Å². The van der Waals surface area contributed by atoms with Crippen molar-refractivity contribution in [3.8, 4) is 11.3 Å². The van der Waals surface area contributed by atoms with Crippen molar-refractivity contribution in [3.63, 3.8) is 0 Å². The number of halogens is 1. The average Bonchev–Trinajstić information content (AvgIpc) is 2.65. The van der Waals surface area contributed by atoms with E-state index < -0.39 is 0 Å². The quantitative estimate of drug-likeness (QED) is 0.374. The lowest BCUT2D eigenvalue weighted by atomic mass is 10.1. The molecule has 0 aliphatic carbocycles. The van der Waals surface area contributed by atoms with Gasteiger partial charge in [-0.2, -0.15) is 0 Å². The van der Waals surface area contributed by atoms with Crippen molar-refractivity contribution in [3.05, 3.63) is 93.8 Å². The van der Waals surface area contributed by atoms with Gasteiger partial charge in [0.2, 0.25) is 0 Å². The number of hydrogen-bond acceptors (Lipinski definition) is 2. The fourth-order valence-corrected chi connectivity index (χ4v) is 3.23. The molecule has 0 spiro atoms. The molecular formula is C24H20ClNO. The minimum Gasteiger partial charge on any atom is -0.456 e. The number of nitrogens with zero attached hydrogens (tertiary/aromatic N) is 1. The molecule has 0 fully saturated rings. The van der Waals surface area contributed by atoms with Crippen LogP contribution >= 0.6 is 11.6 Å². The highest BCUT2D eigenvalue weighted by molar-refractivity contribution is 6.30. The standard InChI is InChI=1S/C24H20ClNO/c1-15-5-11-23-20(12-15)22(26-21-13-16(2)4-6-17(21)3)14-24(27-23)18-7-9-19(25)10-8-18/h4-14H,1-3H3. The van der Waals surface area contributed by atoms with Crippen LogP contribution in [0.4, 0.5) is 5.69 Å². The van der Waals surface area contributed by atoms with Crippen LogP contribution in [0.1, 0.15) is 16.7 Å². The molecule has 0 unspecified atom stereocenters. The third-order valence-electron chi connectivity index (χ3n) is 4.63. The van der Waals surface area contributed by atoms with E-state index in [9.17, 15) is 0 Å². The van der Waals surface area contributed by atoms with Gasteiger partial charge in [0.1, 0.15) is 11.3 Å². The van der Waals surface area contributed by atoms with E-state index in [0.717, 1.165) is 38.9 Å². The van der Waals surface area contributed by atoms with Crippen molar-refractivity contribution < 1.29 is 4.42 Å². The lowest BCUT2D eigenvalue weighted by Gasteiger charge is -2.07. The molecule has 0 saturated carbocycles. The summed E-state index contributed by atoms with van der Waals surface area (Å²) in [7, 11) is 0. The Hall–Kier alpha value is -2.84.